The molecule has 0 spiro atoms. The van der Waals surface area contributed by atoms with Gasteiger partial charge < -0.3 is 10.2 Å². The number of nitrogens with zero attached hydrogens (tertiary/aromatic N) is 2. The Balaban J connectivity index is 1.73. The Morgan fingerprint density at radius 2 is 1.93 bits per heavy atom. The van der Waals surface area contributed by atoms with Crippen molar-refractivity contribution in [2.24, 2.45) is 16.8 Å². The lowest BCUT2D eigenvalue weighted by molar-refractivity contribution is -0.127. The highest BCUT2D eigenvalue weighted by molar-refractivity contribution is 6.13. The second-order valence-corrected chi connectivity index (χ2v) is 8.10. The van der Waals surface area contributed by atoms with Gasteiger partial charge in [-0.3, -0.25) is 14.6 Å². The van der Waals surface area contributed by atoms with E-state index in [1.807, 2.05) is 24.3 Å². The second kappa shape index (κ2) is 8.68. The third kappa shape index (κ3) is 4.57. The van der Waals surface area contributed by atoms with Gasteiger partial charge in [-0.2, -0.15) is 0 Å². The molecule has 2 aliphatic rings. The molecule has 1 unspecified atom stereocenters. The van der Waals surface area contributed by atoms with Crippen LogP contribution in [0.1, 0.15) is 64.4 Å². The number of likely N-dealkylation sites (N-methyl/N-ethyl adjacent to an activating group) is 1. The fourth-order valence-corrected chi connectivity index (χ4v) is 4.14. The van der Waals surface area contributed by atoms with Crippen molar-refractivity contribution in [3.63, 3.8) is 0 Å². The molecule has 1 atom stereocenters. The number of hydrogen-bond donors (Lipinski definition) is 1. The Kier molecular flexibility index (Phi) is 6.30. The first-order valence-corrected chi connectivity index (χ1v) is 10.2. The molecule has 146 valence electrons. The van der Waals surface area contributed by atoms with Crippen LogP contribution >= 0.6 is 0 Å². The minimum Gasteiger partial charge on any atom is -0.327 e. The summed E-state index contributed by atoms with van der Waals surface area (Å²) in [6.07, 6.45) is 6.85. The monoisotopic (exact) mass is 369 g/mol. The van der Waals surface area contributed by atoms with Crippen LogP contribution in [0.25, 0.3) is 0 Å². The van der Waals surface area contributed by atoms with E-state index in [1.165, 1.54) is 32.1 Å². The molecular weight excluding hydrogens is 338 g/mol. The van der Waals surface area contributed by atoms with Crippen molar-refractivity contribution in [3.05, 3.63) is 29.8 Å². The molecule has 1 heterocycles. The zero-order valence-corrected chi connectivity index (χ0v) is 16.7. The van der Waals surface area contributed by atoms with Crippen LogP contribution in [-0.4, -0.2) is 30.7 Å². The summed E-state index contributed by atoms with van der Waals surface area (Å²) in [6.45, 7) is 4.13. The number of rotatable bonds is 5. The van der Waals surface area contributed by atoms with Gasteiger partial charge >= 0.3 is 0 Å². The summed E-state index contributed by atoms with van der Waals surface area (Å²) in [5.74, 6) is 0.539. The molecule has 5 heteroatoms. The van der Waals surface area contributed by atoms with E-state index >= 15 is 0 Å². The van der Waals surface area contributed by atoms with Gasteiger partial charge in [0.15, 0.2) is 0 Å². The third-order valence-corrected chi connectivity index (χ3v) is 5.72. The zero-order valence-electron chi connectivity index (χ0n) is 16.7. The molecule has 5 nitrogen and oxygen atoms in total. The van der Waals surface area contributed by atoms with Crippen LogP contribution in [-0.2, 0) is 9.59 Å². The molecule has 0 radical (unpaired) electrons. The maximum Gasteiger partial charge on any atom is 0.272 e. The topological polar surface area (TPSA) is 61.8 Å². The molecule has 0 bridgehead atoms. The van der Waals surface area contributed by atoms with E-state index in [2.05, 4.69) is 24.2 Å². The molecule has 27 heavy (non-hydrogen) atoms. The van der Waals surface area contributed by atoms with Gasteiger partial charge in [-0.1, -0.05) is 64.2 Å². The summed E-state index contributed by atoms with van der Waals surface area (Å²) < 4.78 is 0. The Morgan fingerprint density at radius 3 is 2.63 bits per heavy atom. The quantitative estimate of drug-likeness (QED) is 0.855. The lowest BCUT2D eigenvalue weighted by Gasteiger charge is -2.22. The molecule has 1 fully saturated rings. The number of aliphatic imine (C=N–C) groups is 1. The molecule has 2 amide bonds. The van der Waals surface area contributed by atoms with Crippen molar-refractivity contribution in [1.29, 1.82) is 0 Å². The minimum absolute atomic E-state index is 0.0786. The SMILES string of the molecule is CC(C)C1=NC(NC(=O)CCC2CCCCC2)C(=O)N(C)c2ccccc21. The van der Waals surface area contributed by atoms with Gasteiger partial charge in [0.2, 0.25) is 12.1 Å². The zero-order chi connectivity index (χ0) is 19.4. The molecule has 1 N–H and O–H groups in total. The first-order valence-electron chi connectivity index (χ1n) is 10.2. The number of para-hydroxylation sites is 1. The Morgan fingerprint density at radius 1 is 1.22 bits per heavy atom. The largest absolute Gasteiger partial charge is 0.327 e. The second-order valence-electron chi connectivity index (χ2n) is 8.10. The van der Waals surface area contributed by atoms with Crippen LogP contribution < -0.4 is 10.2 Å². The molecule has 1 aliphatic heterocycles. The summed E-state index contributed by atoms with van der Waals surface area (Å²) in [7, 11) is 1.75. The van der Waals surface area contributed by atoms with E-state index in [4.69, 9.17) is 0 Å². The predicted octanol–water partition coefficient (Wildman–Crippen LogP) is 3.91. The number of anilines is 1. The summed E-state index contributed by atoms with van der Waals surface area (Å²) >= 11 is 0. The molecule has 3 rings (SSSR count). The molecule has 1 aromatic rings. The fraction of sp³-hybridized carbons (Fsp3) is 0.591. The summed E-state index contributed by atoms with van der Waals surface area (Å²) in [5.41, 5.74) is 2.66. The highest BCUT2D eigenvalue weighted by Crippen LogP contribution is 2.28. The average molecular weight is 370 g/mol. The van der Waals surface area contributed by atoms with Gasteiger partial charge in [0.1, 0.15) is 0 Å². The summed E-state index contributed by atoms with van der Waals surface area (Å²) in [5, 5.41) is 2.88. The molecule has 1 aliphatic carbocycles. The average Bonchev–Trinajstić information content (AvgIpc) is 2.78. The highest BCUT2D eigenvalue weighted by Gasteiger charge is 2.31. The molecule has 1 aromatic carbocycles. The van der Waals surface area contributed by atoms with Gasteiger partial charge in [-0.15, -0.1) is 0 Å². The van der Waals surface area contributed by atoms with Crippen molar-refractivity contribution in [3.8, 4) is 0 Å². The number of carbonyl (C=O) groups excluding carboxylic acids is 2. The maximum atomic E-state index is 12.9. The van der Waals surface area contributed by atoms with Crippen molar-refractivity contribution < 1.29 is 9.59 Å². The highest BCUT2D eigenvalue weighted by atomic mass is 16.2. The van der Waals surface area contributed by atoms with Crippen LogP contribution in [0.5, 0.6) is 0 Å². The van der Waals surface area contributed by atoms with Gasteiger partial charge in [-0.25, -0.2) is 0 Å². The standard InChI is InChI=1S/C22H31N3O2/c1-15(2)20-17-11-7-8-12-18(17)25(3)22(27)21(24-20)23-19(26)14-13-16-9-5-4-6-10-16/h7-8,11-12,15-16,21H,4-6,9-10,13-14H2,1-3H3,(H,23,26). The lowest BCUT2D eigenvalue weighted by atomic mass is 9.86. The first-order chi connectivity index (χ1) is 13.0. The van der Waals surface area contributed by atoms with E-state index in [-0.39, 0.29) is 17.7 Å². The number of carbonyl (C=O) groups is 2. The summed E-state index contributed by atoms with van der Waals surface area (Å²) in [4.78, 5) is 31.7. The smallest absolute Gasteiger partial charge is 0.272 e. The van der Waals surface area contributed by atoms with Crippen LogP contribution in [0.4, 0.5) is 5.69 Å². The first kappa shape index (κ1) is 19.6. The van der Waals surface area contributed by atoms with Crippen LogP contribution in [0, 0.1) is 11.8 Å². The predicted molar refractivity (Wildman–Crippen MR) is 109 cm³/mol. The van der Waals surface area contributed by atoms with E-state index in [0.717, 1.165) is 23.4 Å². The normalized spacial score (nSPS) is 20.9. The third-order valence-electron chi connectivity index (χ3n) is 5.72. The number of nitrogens with one attached hydrogen (secondary N) is 1. The van der Waals surface area contributed by atoms with Gasteiger partial charge in [0.25, 0.3) is 5.91 Å². The fourth-order valence-electron chi connectivity index (χ4n) is 4.14. The Bertz CT molecular complexity index is 720. The number of hydrogen-bond acceptors (Lipinski definition) is 3. The Labute approximate surface area is 162 Å². The molecular formula is C22H31N3O2. The molecule has 1 saturated carbocycles. The van der Waals surface area contributed by atoms with E-state index in [1.54, 1.807) is 11.9 Å². The number of benzene rings is 1. The molecule has 0 aromatic heterocycles. The van der Waals surface area contributed by atoms with Gasteiger partial charge in [-0.05, 0) is 24.3 Å². The van der Waals surface area contributed by atoms with Crippen molar-refractivity contribution >= 4 is 23.2 Å². The van der Waals surface area contributed by atoms with E-state index in [9.17, 15) is 9.59 Å². The van der Waals surface area contributed by atoms with E-state index < -0.39 is 6.17 Å². The van der Waals surface area contributed by atoms with Crippen molar-refractivity contribution in [2.75, 3.05) is 11.9 Å². The minimum atomic E-state index is -0.848. The maximum absolute atomic E-state index is 12.9. The Hall–Kier alpha value is -2.17. The van der Waals surface area contributed by atoms with Gasteiger partial charge in [0, 0.05) is 24.7 Å². The number of benzodiazepines with no additional fused rings is 1. The summed E-state index contributed by atoms with van der Waals surface area (Å²) in [6, 6.07) is 7.80. The van der Waals surface area contributed by atoms with E-state index in [0.29, 0.717) is 12.3 Å². The van der Waals surface area contributed by atoms with Crippen molar-refractivity contribution in [2.45, 2.75) is 65.0 Å². The number of fused-ring (bicyclic) bond motifs is 1. The van der Waals surface area contributed by atoms with Crippen LogP contribution in [0.2, 0.25) is 0 Å². The molecule has 0 saturated heterocycles. The van der Waals surface area contributed by atoms with Crippen LogP contribution in [0.15, 0.2) is 29.3 Å². The van der Waals surface area contributed by atoms with Crippen LogP contribution in [0.3, 0.4) is 0 Å². The lowest BCUT2D eigenvalue weighted by Crippen LogP contribution is -2.46. The van der Waals surface area contributed by atoms with Crippen molar-refractivity contribution in [1.82, 2.24) is 5.32 Å². The van der Waals surface area contributed by atoms with Gasteiger partial charge in [0.05, 0.1) is 5.69 Å². The number of amides is 2.